The largest absolute Gasteiger partial charge is 0.508 e. The number of hydrogen-bond acceptors (Lipinski definition) is 4. The summed E-state index contributed by atoms with van der Waals surface area (Å²) < 4.78 is 5.00. The summed E-state index contributed by atoms with van der Waals surface area (Å²) in [4.78, 5) is 11.0. The second-order valence-electron chi connectivity index (χ2n) is 2.83. The van der Waals surface area contributed by atoms with Crippen LogP contribution in [0.1, 0.15) is 6.42 Å². The van der Waals surface area contributed by atoms with E-state index >= 15 is 0 Å². The molecule has 0 radical (unpaired) electrons. The Balaban J connectivity index is 2.40. The van der Waals surface area contributed by atoms with Crippen LogP contribution >= 0.6 is 0 Å². The molecule has 0 saturated carbocycles. The minimum absolute atomic E-state index is 0.157. The summed E-state index contributed by atoms with van der Waals surface area (Å²) in [6.45, 7) is 0.537. The number of phenolic OH excluding ortho intramolecular Hbond substituents is 1. The van der Waals surface area contributed by atoms with Gasteiger partial charge in [0.05, 0.1) is 12.1 Å². The lowest BCUT2D eigenvalue weighted by atomic mass is 10.3. The average molecular weight is 179 g/mol. The van der Waals surface area contributed by atoms with Gasteiger partial charge >= 0.3 is 5.97 Å². The number of ether oxygens (including phenoxy) is 1. The number of carbonyl (C=O) groups excluding carboxylic acids is 1. The fraction of sp³-hybridized carbons (Fsp3) is 0.222. The number of anilines is 1. The number of esters is 1. The van der Waals surface area contributed by atoms with E-state index in [1.54, 1.807) is 6.07 Å². The first-order valence-electron chi connectivity index (χ1n) is 4.03. The number of hydrogen-bond donors (Lipinski definition) is 2. The van der Waals surface area contributed by atoms with Crippen LogP contribution in [0.25, 0.3) is 0 Å². The van der Waals surface area contributed by atoms with Crippen molar-refractivity contribution >= 4 is 11.7 Å². The molecule has 2 N–H and O–H groups in total. The van der Waals surface area contributed by atoms with Crippen molar-refractivity contribution in [2.45, 2.75) is 6.42 Å². The van der Waals surface area contributed by atoms with Crippen molar-refractivity contribution in [2.75, 3.05) is 11.9 Å². The van der Waals surface area contributed by atoms with E-state index < -0.39 is 0 Å². The number of fused-ring (bicyclic) bond motifs is 1. The summed E-state index contributed by atoms with van der Waals surface area (Å²) in [7, 11) is 0. The molecule has 0 bridgehead atoms. The first-order chi connectivity index (χ1) is 6.25. The van der Waals surface area contributed by atoms with Crippen molar-refractivity contribution in [1.29, 1.82) is 0 Å². The third-order valence-electron chi connectivity index (χ3n) is 1.83. The molecule has 1 aliphatic heterocycles. The summed E-state index contributed by atoms with van der Waals surface area (Å²) in [5.74, 6) is 0.376. The zero-order valence-electron chi connectivity index (χ0n) is 6.91. The van der Waals surface area contributed by atoms with Gasteiger partial charge < -0.3 is 15.2 Å². The summed E-state index contributed by atoms with van der Waals surface area (Å²) in [5, 5.41) is 12.2. The van der Waals surface area contributed by atoms with E-state index in [9.17, 15) is 4.79 Å². The summed E-state index contributed by atoms with van der Waals surface area (Å²) >= 11 is 0. The van der Waals surface area contributed by atoms with E-state index in [1.165, 1.54) is 12.1 Å². The van der Waals surface area contributed by atoms with Gasteiger partial charge in [0.15, 0.2) is 5.75 Å². The van der Waals surface area contributed by atoms with Gasteiger partial charge in [-0.05, 0) is 12.1 Å². The van der Waals surface area contributed by atoms with E-state index in [-0.39, 0.29) is 11.7 Å². The summed E-state index contributed by atoms with van der Waals surface area (Å²) in [5.41, 5.74) is 0.658. The van der Waals surface area contributed by atoms with E-state index in [2.05, 4.69) is 5.32 Å². The minimum atomic E-state index is -0.253. The lowest BCUT2D eigenvalue weighted by Crippen LogP contribution is -2.08. The maximum absolute atomic E-state index is 11.0. The Morgan fingerprint density at radius 3 is 3.15 bits per heavy atom. The molecule has 0 spiro atoms. The molecule has 4 nitrogen and oxygen atoms in total. The van der Waals surface area contributed by atoms with E-state index in [4.69, 9.17) is 9.84 Å². The topological polar surface area (TPSA) is 58.6 Å². The monoisotopic (exact) mass is 179 g/mol. The van der Waals surface area contributed by atoms with Crippen LogP contribution < -0.4 is 10.1 Å². The molecule has 1 aromatic rings. The minimum Gasteiger partial charge on any atom is -0.508 e. The number of rotatable bonds is 0. The van der Waals surface area contributed by atoms with Crippen LogP contribution in [-0.2, 0) is 4.79 Å². The van der Waals surface area contributed by atoms with Crippen LogP contribution in [0, 0.1) is 0 Å². The molecular weight excluding hydrogens is 170 g/mol. The number of carbonyl (C=O) groups is 1. The van der Waals surface area contributed by atoms with Crippen molar-refractivity contribution < 1.29 is 14.6 Å². The van der Waals surface area contributed by atoms with E-state index in [0.717, 1.165) is 0 Å². The van der Waals surface area contributed by atoms with Crippen molar-refractivity contribution in [3.8, 4) is 11.5 Å². The van der Waals surface area contributed by atoms with E-state index in [1.807, 2.05) is 0 Å². The van der Waals surface area contributed by atoms with Gasteiger partial charge in [0.25, 0.3) is 0 Å². The molecular formula is C9H9NO3. The molecule has 1 aliphatic rings. The fourth-order valence-corrected chi connectivity index (χ4v) is 1.22. The van der Waals surface area contributed by atoms with Crippen molar-refractivity contribution in [3.05, 3.63) is 18.2 Å². The normalized spacial score (nSPS) is 15.2. The highest BCUT2D eigenvalue weighted by Crippen LogP contribution is 2.30. The molecule has 2 rings (SSSR count). The molecule has 4 heteroatoms. The molecule has 0 aromatic heterocycles. The van der Waals surface area contributed by atoms with Gasteiger partial charge in [-0.3, -0.25) is 4.79 Å². The second kappa shape index (κ2) is 2.97. The third kappa shape index (κ3) is 1.56. The van der Waals surface area contributed by atoms with E-state index in [0.29, 0.717) is 24.4 Å². The van der Waals surface area contributed by atoms with Crippen LogP contribution in [-0.4, -0.2) is 17.6 Å². The van der Waals surface area contributed by atoms with Gasteiger partial charge in [0, 0.05) is 12.6 Å². The number of phenols is 1. The second-order valence-corrected chi connectivity index (χ2v) is 2.83. The Morgan fingerprint density at radius 2 is 2.31 bits per heavy atom. The molecule has 68 valence electrons. The van der Waals surface area contributed by atoms with Crippen LogP contribution in [0.4, 0.5) is 5.69 Å². The molecule has 0 fully saturated rings. The number of nitrogens with one attached hydrogen (secondary N) is 1. The van der Waals surface area contributed by atoms with Gasteiger partial charge in [0.1, 0.15) is 5.75 Å². The lowest BCUT2D eigenvalue weighted by Gasteiger charge is -2.05. The Hall–Kier alpha value is -1.71. The first-order valence-corrected chi connectivity index (χ1v) is 4.03. The number of aromatic hydroxyl groups is 1. The first kappa shape index (κ1) is 7.91. The van der Waals surface area contributed by atoms with Gasteiger partial charge in [-0.15, -0.1) is 0 Å². The Bertz CT molecular complexity index is 349. The Morgan fingerprint density at radius 1 is 1.46 bits per heavy atom. The standard InChI is InChI=1S/C9H9NO3/c11-6-1-2-8-7(5-6)10-4-3-9(12)13-8/h1-2,5,10-11H,3-4H2. The van der Waals surface area contributed by atoms with Crippen LogP contribution in [0.15, 0.2) is 18.2 Å². The van der Waals surface area contributed by atoms with Gasteiger partial charge in [-0.2, -0.15) is 0 Å². The molecule has 13 heavy (non-hydrogen) atoms. The predicted molar refractivity (Wildman–Crippen MR) is 46.8 cm³/mol. The smallest absolute Gasteiger partial charge is 0.313 e. The molecule has 0 amide bonds. The van der Waals surface area contributed by atoms with Crippen LogP contribution in [0.2, 0.25) is 0 Å². The maximum Gasteiger partial charge on any atom is 0.313 e. The molecule has 0 unspecified atom stereocenters. The molecule has 0 aliphatic carbocycles. The lowest BCUT2D eigenvalue weighted by molar-refractivity contribution is -0.133. The van der Waals surface area contributed by atoms with Gasteiger partial charge in [-0.25, -0.2) is 0 Å². The Labute approximate surface area is 75.1 Å². The van der Waals surface area contributed by atoms with Crippen LogP contribution in [0.3, 0.4) is 0 Å². The molecule has 0 atom stereocenters. The third-order valence-corrected chi connectivity index (χ3v) is 1.83. The zero-order valence-corrected chi connectivity index (χ0v) is 6.91. The SMILES string of the molecule is O=C1CCNc2cc(O)ccc2O1. The Kier molecular flexibility index (Phi) is 1.81. The predicted octanol–water partition coefficient (Wildman–Crippen LogP) is 1.11. The molecule has 0 saturated heterocycles. The molecule has 1 heterocycles. The highest BCUT2D eigenvalue weighted by atomic mass is 16.5. The van der Waals surface area contributed by atoms with Gasteiger partial charge in [-0.1, -0.05) is 0 Å². The highest BCUT2D eigenvalue weighted by molar-refractivity contribution is 5.77. The summed E-state index contributed by atoms with van der Waals surface area (Å²) in [6, 6.07) is 4.59. The van der Waals surface area contributed by atoms with Crippen LogP contribution in [0.5, 0.6) is 11.5 Å². The van der Waals surface area contributed by atoms with Crippen molar-refractivity contribution in [1.82, 2.24) is 0 Å². The van der Waals surface area contributed by atoms with Crippen molar-refractivity contribution in [3.63, 3.8) is 0 Å². The molecule has 1 aromatic carbocycles. The summed E-state index contributed by atoms with van der Waals surface area (Å²) in [6.07, 6.45) is 0.343. The number of benzene rings is 1. The van der Waals surface area contributed by atoms with Crippen molar-refractivity contribution in [2.24, 2.45) is 0 Å². The highest BCUT2D eigenvalue weighted by Gasteiger charge is 2.14. The van der Waals surface area contributed by atoms with Gasteiger partial charge in [0.2, 0.25) is 0 Å². The quantitative estimate of drug-likeness (QED) is 0.462. The average Bonchev–Trinajstić information content (AvgIpc) is 2.25. The maximum atomic E-state index is 11.0. The zero-order chi connectivity index (χ0) is 9.26. The fourth-order valence-electron chi connectivity index (χ4n) is 1.22.